The van der Waals surface area contributed by atoms with E-state index in [1.807, 2.05) is 0 Å². The predicted molar refractivity (Wildman–Crippen MR) is 106 cm³/mol. The third-order valence-electron chi connectivity index (χ3n) is 4.08. The van der Waals surface area contributed by atoms with Gasteiger partial charge in [0.1, 0.15) is 11.5 Å². The van der Waals surface area contributed by atoms with Gasteiger partial charge < -0.3 is 10.2 Å². The van der Waals surface area contributed by atoms with Gasteiger partial charge in [-0.1, -0.05) is 50.5 Å². The van der Waals surface area contributed by atoms with Crippen LogP contribution in [-0.2, 0) is 12.8 Å². The molecule has 24 heavy (non-hydrogen) atoms. The van der Waals surface area contributed by atoms with E-state index in [1.165, 1.54) is 24.0 Å². The maximum Gasteiger partial charge on any atom is 0.123 e. The van der Waals surface area contributed by atoms with Crippen LogP contribution < -0.4 is 0 Å². The van der Waals surface area contributed by atoms with Gasteiger partial charge in [0.25, 0.3) is 0 Å². The number of unbranched alkanes of at least 4 members (excludes halogenated alkanes) is 2. The highest BCUT2D eigenvalue weighted by Crippen LogP contribution is 2.30. The van der Waals surface area contributed by atoms with E-state index < -0.39 is 0 Å². The van der Waals surface area contributed by atoms with Crippen molar-refractivity contribution in [1.82, 2.24) is 0 Å². The molecule has 0 aliphatic rings. The lowest BCUT2D eigenvalue weighted by atomic mass is 10.0. The molecule has 0 saturated heterocycles. The Hall–Kier alpha value is -1.70. The van der Waals surface area contributed by atoms with Gasteiger partial charge in [0, 0.05) is 5.56 Å². The van der Waals surface area contributed by atoms with Crippen molar-refractivity contribution in [2.75, 3.05) is 0 Å². The number of benzene rings is 1. The molecular formula is C22H36O2. The highest BCUT2D eigenvalue weighted by Gasteiger charge is 2.09. The van der Waals surface area contributed by atoms with Gasteiger partial charge in [-0.05, 0) is 70.6 Å². The molecular weight excluding hydrogens is 296 g/mol. The zero-order valence-electron chi connectivity index (χ0n) is 15.2. The second kappa shape index (κ2) is 11.8. The number of hydrogen-bond acceptors (Lipinski definition) is 2. The average molecular weight is 333 g/mol. The van der Waals surface area contributed by atoms with Gasteiger partial charge in [-0.2, -0.15) is 0 Å². The largest absolute Gasteiger partial charge is 0.508 e. The fraction of sp³-hybridized carbons (Fsp3) is 0.545. The molecule has 0 spiro atoms. The Labute approximate surface area is 148 Å². The zero-order chi connectivity index (χ0) is 17.2. The third-order valence-corrected chi connectivity index (χ3v) is 4.08. The van der Waals surface area contributed by atoms with Crippen molar-refractivity contribution >= 4 is 0 Å². The monoisotopic (exact) mass is 332 g/mol. The minimum absolute atomic E-state index is 0. The molecule has 2 N–H and O–H groups in total. The summed E-state index contributed by atoms with van der Waals surface area (Å²) < 4.78 is 0. The summed E-state index contributed by atoms with van der Waals surface area (Å²) in [5.41, 5.74) is 4.27. The number of rotatable bonds is 9. The lowest BCUT2D eigenvalue weighted by Gasteiger charge is -2.09. The fourth-order valence-corrected chi connectivity index (χ4v) is 2.60. The Bertz CT molecular complexity index is 526. The van der Waals surface area contributed by atoms with Crippen LogP contribution in [0.1, 0.15) is 78.4 Å². The quantitative estimate of drug-likeness (QED) is 0.390. The topological polar surface area (TPSA) is 40.5 Å². The molecule has 0 heterocycles. The van der Waals surface area contributed by atoms with Crippen LogP contribution in [0, 0.1) is 0 Å². The van der Waals surface area contributed by atoms with Gasteiger partial charge in [-0.15, -0.1) is 0 Å². The van der Waals surface area contributed by atoms with Crippen LogP contribution in [0.4, 0.5) is 0 Å². The molecule has 0 saturated carbocycles. The molecule has 0 atom stereocenters. The van der Waals surface area contributed by atoms with Gasteiger partial charge in [0.2, 0.25) is 0 Å². The summed E-state index contributed by atoms with van der Waals surface area (Å²) in [5, 5.41) is 20.4. The molecule has 1 rings (SSSR count). The van der Waals surface area contributed by atoms with E-state index in [0.717, 1.165) is 31.2 Å². The van der Waals surface area contributed by atoms with Crippen molar-refractivity contribution in [3.05, 3.63) is 46.6 Å². The highest BCUT2D eigenvalue weighted by molar-refractivity contribution is 5.47. The Balaban J connectivity index is 0.00000529. The van der Waals surface area contributed by atoms with Crippen molar-refractivity contribution in [3.8, 4) is 11.5 Å². The van der Waals surface area contributed by atoms with E-state index in [2.05, 4.69) is 39.8 Å². The van der Waals surface area contributed by atoms with Gasteiger partial charge in [0.15, 0.2) is 0 Å². The van der Waals surface area contributed by atoms with Gasteiger partial charge in [0.05, 0.1) is 0 Å². The summed E-state index contributed by atoms with van der Waals surface area (Å²) in [4.78, 5) is 0. The number of phenolic OH excluding ortho intramolecular Hbond substituents is 2. The summed E-state index contributed by atoms with van der Waals surface area (Å²) in [7, 11) is 0. The van der Waals surface area contributed by atoms with Gasteiger partial charge in [-0.25, -0.2) is 0 Å². The van der Waals surface area contributed by atoms with E-state index in [4.69, 9.17) is 0 Å². The molecule has 0 aromatic heterocycles. The van der Waals surface area contributed by atoms with Crippen molar-refractivity contribution in [2.45, 2.75) is 80.1 Å². The number of aryl methyl sites for hydroxylation is 1. The SMILES string of the molecule is C.CCCCCc1cc(O)c(C/C=C(\C)CCC=C(C)C)c(O)c1. The van der Waals surface area contributed by atoms with E-state index in [-0.39, 0.29) is 18.9 Å². The summed E-state index contributed by atoms with van der Waals surface area (Å²) in [6.07, 6.45) is 11.3. The molecule has 0 aliphatic carbocycles. The van der Waals surface area contributed by atoms with Crippen LogP contribution in [-0.4, -0.2) is 10.2 Å². The van der Waals surface area contributed by atoms with E-state index in [0.29, 0.717) is 12.0 Å². The number of phenols is 2. The summed E-state index contributed by atoms with van der Waals surface area (Å²) in [6.45, 7) is 8.49. The Morgan fingerprint density at radius 2 is 1.62 bits per heavy atom. The van der Waals surface area contributed by atoms with Crippen molar-refractivity contribution in [1.29, 1.82) is 0 Å². The first-order valence-electron chi connectivity index (χ1n) is 8.76. The van der Waals surface area contributed by atoms with Crippen LogP contribution in [0.2, 0.25) is 0 Å². The Morgan fingerprint density at radius 3 is 2.17 bits per heavy atom. The number of hydrogen-bond donors (Lipinski definition) is 2. The van der Waals surface area contributed by atoms with Gasteiger partial charge in [-0.3, -0.25) is 0 Å². The normalized spacial score (nSPS) is 11.1. The van der Waals surface area contributed by atoms with E-state index >= 15 is 0 Å². The molecule has 2 nitrogen and oxygen atoms in total. The van der Waals surface area contributed by atoms with E-state index in [9.17, 15) is 10.2 Å². The molecule has 1 aromatic carbocycles. The molecule has 136 valence electrons. The van der Waals surface area contributed by atoms with Crippen LogP contribution in [0.25, 0.3) is 0 Å². The van der Waals surface area contributed by atoms with E-state index in [1.54, 1.807) is 12.1 Å². The summed E-state index contributed by atoms with van der Waals surface area (Å²) >= 11 is 0. The maximum atomic E-state index is 10.2. The Kier molecular flexibility index (Phi) is 10.9. The van der Waals surface area contributed by atoms with Crippen molar-refractivity contribution in [3.63, 3.8) is 0 Å². The second-order valence-electron chi connectivity index (χ2n) is 6.64. The highest BCUT2D eigenvalue weighted by atomic mass is 16.3. The predicted octanol–water partition coefficient (Wildman–Crippen LogP) is 6.70. The minimum Gasteiger partial charge on any atom is -0.508 e. The summed E-state index contributed by atoms with van der Waals surface area (Å²) in [6, 6.07) is 3.61. The molecule has 0 unspecified atom stereocenters. The molecule has 0 amide bonds. The molecule has 1 aromatic rings. The first-order valence-corrected chi connectivity index (χ1v) is 8.76. The van der Waals surface area contributed by atoms with Crippen LogP contribution in [0.3, 0.4) is 0 Å². The standard InChI is InChI=1S/C21H32O2.CH4/c1-5-6-7-11-18-14-20(22)19(21(23)15-18)13-12-17(4)10-8-9-16(2)3;/h9,12,14-15,22-23H,5-8,10-11,13H2,1-4H3;1H4/b17-12+;. The maximum absolute atomic E-state index is 10.2. The number of allylic oxidation sites excluding steroid dienone is 4. The van der Waals surface area contributed by atoms with Crippen LogP contribution >= 0.6 is 0 Å². The average Bonchev–Trinajstić information content (AvgIpc) is 2.46. The van der Waals surface area contributed by atoms with Crippen LogP contribution in [0.5, 0.6) is 11.5 Å². The minimum atomic E-state index is 0. The van der Waals surface area contributed by atoms with Gasteiger partial charge >= 0.3 is 0 Å². The summed E-state index contributed by atoms with van der Waals surface area (Å²) in [5.74, 6) is 0.426. The lowest BCUT2D eigenvalue weighted by Crippen LogP contribution is -1.91. The number of aromatic hydroxyl groups is 2. The first-order chi connectivity index (χ1) is 10.9. The smallest absolute Gasteiger partial charge is 0.123 e. The fourth-order valence-electron chi connectivity index (χ4n) is 2.60. The molecule has 0 fully saturated rings. The zero-order valence-corrected chi connectivity index (χ0v) is 15.2. The molecule has 0 radical (unpaired) electrons. The van der Waals surface area contributed by atoms with Crippen molar-refractivity contribution < 1.29 is 10.2 Å². The van der Waals surface area contributed by atoms with Crippen molar-refractivity contribution in [2.24, 2.45) is 0 Å². The second-order valence-corrected chi connectivity index (χ2v) is 6.64. The Morgan fingerprint density at radius 1 is 1.00 bits per heavy atom. The van der Waals surface area contributed by atoms with Crippen LogP contribution in [0.15, 0.2) is 35.4 Å². The molecule has 2 heteroatoms. The molecule has 0 bridgehead atoms. The third kappa shape index (κ3) is 8.24. The lowest BCUT2D eigenvalue weighted by molar-refractivity contribution is 0.439. The molecule has 0 aliphatic heterocycles. The first kappa shape index (κ1) is 22.3.